The molecule has 13 heavy (non-hydrogen) atoms. The molecule has 3 heteroatoms. The Bertz CT molecular complexity index is 248. The minimum atomic E-state index is 0.151. The smallest absolute Gasteiger partial charge is 0.121 e. The largest absolute Gasteiger partial charge is 0.321 e. The van der Waals surface area contributed by atoms with Crippen molar-refractivity contribution in [3.8, 4) is 0 Å². The Morgan fingerprint density at radius 1 is 1.38 bits per heavy atom. The van der Waals surface area contributed by atoms with Crippen LogP contribution in [0.3, 0.4) is 0 Å². The summed E-state index contributed by atoms with van der Waals surface area (Å²) in [5.41, 5.74) is 7.04. The van der Waals surface area contributed by atoms with Crippen LogP contribution >= 0.6 is 0 Å². The van der Waals surface area contributed by atoms with E-state index >= 15 is 0 Å². The molecule has 70 valence electrons. The number of carbonyl (C=O) groups is 1. The van der Waals surface area contributed by atoms with Crippen molar-refractivity contribution in [2.75, 3.05) is 5.43 Å². The van der Waals surface area contributed by atoms with E-state index in [1.165, 1.54) is 0 Å². The molecule has 1 rings (SSSR count). The van der Waals surface area contributed by atoms with Crippen molar-refractivity contribution in [2.24, 2.45) is 0 Å². The van der Waals surface area contributed by atoms with Gasteiger partial charge in [0.1, 0.15) is 6.29 Å². The van der Waals surface area contributed by atoms with Crippen LogP contribution in [-0.2, 0) is 4.79 Å². The van der Waals surface area contributed by atoms with E-state index in [-0.39, 0.29) is 6.04 Å². The Hall–Kier alpha value is -1.35. The van der Waals surface area contributed by atoms with Crippen LogP contribution in [0.2, 0.25) is 0 Å². The molecule has 1 unspecified atom stereocenters. The Kier molecular flexibility index (Phi) is 3.99. The Morgan fingerprint density at radius 3 is 2.69 bits per heavy atom. The molecule has 0 aromatic heterocycles. The van der Waals surface area contributed by atoms with Crippen LogP contribution in [0, 0.1) is 0 Å². The summed E-state index contributed by atoms with van der Waals surface area (Å²) < 4.78 is 0. The number of hydrogen-bond donors (Lipinski definition) is 2. The summed E-state index contributed by atoms with van der Waals surface area (Å²) in [5.74, 6) is 0. The normalized spacial score (nSPS) is 12.1. The average molecular weight is 178 g/mol. The topological polar surface area (TPSA) is 41.1 Å². The van der Waals surface area contributed by atoms with Gasteiger partial charge in [0.2, 0.25) is 0 Å². The quantitative estimate of drug-likeness (QED) is 0.531. The van der Waals surface area contributed by atoms with Crippen molar-refractivity contribution in [3.63, 3.8) is 0 Å². The van der Waals surface area contributed by atoms with Crippen LogP contribution in [0.5, 0.6) is 0 Å². The standard InChI is InChI=1S/C10H14N2O/c1-9(7-8-13)11-12-10-5-3-2-4-6-10/h2-6,8-9,11-12H,7H2,1H3. The molecule has 0 heterocycles. The number of aldehydes is 1. The molecule has 1 atom stereocenters. The zero-order chi connectivity index (χ0) is 9.52. The summed E-state index contributed by atoms with van der Waals surface area (Å²) >= 11 is 0. The van der Waals surface area contributed by atoms with Crippen LogP contribution in [0.15, 0.2) is 30.3 Å². The first-order chi connectivity index (χ1) is 6.33. The highest BCUT2D eigenvalue weighted by atomic mass is 16.1. The molecule has 1 aromatic carbocycles. The van der Waals surface area contributed by atoms with E-state index in [0.29, 0.717) is 6.42 Å². The number of hydrazine groups is 1. The second-order valence-electron chi connectivity index (χ2n) is 2.94. The molecule has 0 amide bonds. The lowest BCUT2D eigenvalue weighted by Gasteiger charge is -2.12. The molecule has 0 spiro atoms. The molecule has 3 nitrogen and oxygen atoms in total. The van der Waals surface area contributed by atoms with Gasteiger partial charge in [-0.1, -0.05) is 18.2 Å². The minimum Gasteiger partial charge on any atom is -0.321 e. The Balaban J connectivity index is 2.30. The van der Waals surface area contributed by atoms with Gasteiger partial charge in [0.25, 0.3) is 0 Å². The summed E-state index contributed by atoms with van der Waals surface area (Å²) in [7, 11) is 0. The number of carbonyl (C=O) groups excluding carboxylic acids is 1. The van der Waals surface area contributed by atoms with Gasteiger partial charge < -0.3 is 10.2 Å². The van der Waals surface area contributed by atoms with Crippen molar-refractivity contribution in [3.05, 3.63) is 30.3 Å². The number of para-hydroxylation sites is 1. The van der Waals surface area contributed by atoms with Crippen molar-refractivity contribution >= 4 is 12.0 Å². The monoisotopic (exact) mass is 178 g/mol. The second-order valence-corrected chi connectivity index (χ2v) is 2.94. The number of anilines is 1. The second kappa shape index (κ2) is 5.32. The third kappa shape index (κ3) is 3.71. The van der Waals surface area contributed by atoms with Gasteiger partial charge in [0, 0.05) is 18.2 Å². The van der Waals surface area contributed by atoms with E-state index in [1.807, 2.05) is 37.3 Å². The van der Waals surface area contributed by atoms with E-state index in [9.17, 15) is 4.79 Å². The van der Waals surface area contributed by atoms with Gasteiger partial charge >= 0.3 is 0 Å². The van der Waals surface area contributed by atoms with Gasteiger partial charge in [-0.2, -0.15) is 0 Å². The van der Waals surface area contributed by atoms with Gasteiger partial charge in [-0.3, -0.25) is 0 Å². The van der Waals surface area contributed by atoms with Crippen LogP contribution < -0.4 is 10.9 Å². The summed E-state index contributed by atoms with van der Waals surface area (Å²) in [5, 5.41) is 0. The molecule has 0 aliphatic rings. The number of benzene rings is 1. The lowest BCUT2D eigenvalue weighted by molar-refractivity contribution is -0.108. The highest BCUT2D eigenvalue weighted by molar-refractivity contribution is 5.50. The van der Waals surface area contributed by atoms with Crippen molar-refractivity contribution in [1.82, 2.24) is 5.43 Å². The van der Waals surface area contributed by atoms with Gasteiger partial charge in [0.15, 0.2) is 0 Å². The first-order valence-electron chi connectivity index (χ1n) is 4.33. The lowest BCUT2D eigenvalue weighted by Crippen LogP contribution is -2.31. The third-order valence-corrected chi connectivity index (χ3v) is 1.69. The summed E-state index contributed by atoms with van der Waals surface area (Å²) in [4.78, 5) is 10.2. The van der Waals surface area contributed by atoms with Crippen LogP contribution in [0.4, 0.5) is 5.69 Å². The zero-order valence-corrected chi connectivity index (χ0v) is 7.66. The molecule has 0 aliphatic heterocycles. The molecule has 1 aromatic rings. The van der Waals surface area contributed by atoms with E-state index < -0.39 is 0 Å². The fourth-order valence-electron chi connectivity index (χ4n) is 0.931. The molecule has 0 saturated carbocycles. The van der Waals surface area contributed by atoms with E-state index in [0.717, 1.165) is 12.0 Å². The first-order valence-corrected chi connectivity index (χ1v) is 4.33. The molecule has 0 aliphatic carbocycles. The Morgan fingerprint density at radius 2 is 2.08 bits per heavy atom. The maximum Gasteiger partial charge on any atom is 0.121 e. The van der Waals surface area contributed by atoms with Gasteiger partial charge in [-0.25, -0.2) is 5.43 Å². The number of hydrogen-bond acceptors (Lipinski definition) is 3. The fourth-order valence-corrected chi connectivity index (χ4v) is 0.931. The third-order valence-electron chi connectivity index (χ3n) is 1.69. The van der Waals surface area contributed by atoms with Gasteiger partial charge in [0.05, 0.1) is 0 Å². The predicted molar refractivity (Wildman–Crippen MR) is 53.3 cm³/mol. The molecule has 0 bridgehead atoms. The first kappa shape index (κ1) is 9.74. The maximum absolute atomic E-state index is 10.2. The van der Waals surface area contributed by atoms with E-state index in [4.69, 9.17) is 0 Å². The molecule has 0 saturated heterocycles. The molecular formula is C10H14N2O. The van der Waals surface area contributed by atoms with Crippen LogP contribution in [0.1, 0.15) is 13.3 Å². The Labute approximate surface area is 78.1 Å². The van der Waals surface area contributed by atoms with Crippen molar-refractivity contribution < 1.29 is 4.79 Å². The van der Waals surface area contributed by atoms with Gasteiger partial charge in [-0.15, -0.1) is 0 Å². The molecule has 0 radical (unpaired) electrons. The lowest BCUT2D eigenvalue weighted by atomic mass is 10.3. The SMILES string of the molecule is CC(CC=O)NNc1ccccc1. The van der Waals surface area contributed by atoms with Crippen molar-refractivity contribution in [1.29, 1.82) is 0 Å². The summed E-state index contributed by atoms with van der Waals surface area (Å²) in [6.07, 6.45) is 1.42. The number of nitrogens with one attached hydrogen (secondary N) is 2. The van der Waals surface area contributed by atoms with E-state index in [1.54, 1.807) is 0 Å². The fraction of sp³-hybridized carbons (Fsp3) is 0.300. The predicted octanol–water partition coefficient (Wildman–Crippen LogP) is 1.58. The summed E-state index contributed by atoms with van der Waals surface area (Å²) in [6.45, 7) is 1.95. The summed E-state index contributed by atoms with van der Waals surface area (Å²) in [6, 6.07) is 9.93. The van der Waals surface area contributed by atoms with E-state index in [2.05, 4.69) is 10.9 Å². The maximum atomic E-state index is 10.2. The van der Waals surface area contributed by atoms with Crippen LogP contribution in [0.25, 0.3) is 0 Å². The average Bonchev–Trinajstić information content (AvgIpc) is 2.17. The van der Waals surface area contributed by atoms with Crippen LogP contribution in [-0.4, -0.2) is 12.3 Å². The molecule has 0 fully saturated rings. The van der Waals surface area contributed by atoms with Gasteiger partial charge in [-0.05, 0) is 19.1 Å². The molecule has 2 N–H and O–H groups in total. The van der Waals surface area contributed by atoms with Crippen molar-refractivity contribution in [2.45, 2.75) is 19.4 Å². The minimum absolute atomic E-state index is 0.151. The highest BCUT2D eigenvalue weighted by Crippen LogP contribution is 2.02. The number of rotatable bonds is 5. The zero-order valence-electron chi connectivity index (χ0n) is 7.66. The highest BCUT2D eigenvalue weighted by Gasteiger charge is 1.97. The molecular weight excluding hydrogens is 164 g/mol.